The van der Waals surface area contributed by atoms with Crippen LogP contribution in [-0.2, 0) is 0 Å². The van der Waals surface area contributed by atoms with Gasteiger partial charge >= 0.3 is 0 Å². The van der Waals surface area contributed by atoms with E-state index in [0.717, 1.165) is 16.3 Å². The van der Waals surface area contributed by atoms with Gasteiger partial charge in [0.15, 0.2) is 4.73 Å². The molecule has 1 fully saturated rings. The number of H-pyrrole nitrogens is 1. The number of hydrogen-bond donors (Lipinski definition) is 1. The third-order valence-corrected chi connectivity index (χ3v) is 4.25. The molecule has 2 aromatic rings. The Kier molecular flexibility index (Phi) is 3.50. The molecule has 0 bridgehead atoms. The summed E-state index contributed by atoms with van der Waals surface area (Å²) in [6, 6.07) is 8.95. The second-order valence-electron chi connectivity index (χ2n) is 5.04. The summed E-state index contributed by atoms with van der Waals surface area (Å²) in [6.07, 6.45) is 8.76. The van der Waals surface area contributed by atoms with Crippen molar-refractivity contribution in [2.45, 2.75) is 38.0 Å². The van der Waals surface area contributed by atoms with Crippen molar-refractivity contribution >= 4 is 15.9 Å². The molecule has 0 amide bonds. The molecule has 18 heavy (non-hydrogen) atoms. The van der Waals surface area contributed by atoms with Crippen LogP contribution in [0, 0.1) is 0 Å². The van der Waals surface area contributed by atoms with Gasteiger partial charge in [-0.15, -0.1) is 0 Å². The van der Waals surface area contributed by atoms with E-state index in [-0.39, 0.29) is 0 Å². The Balaban J connectivity index is 1.80. The van der Waals surface area contributed by atoms with E-state index in [1.54, 1.807) is 0 Å². The molecule has 1 heterocycles. The molecule has 0 unspecified atom stereocenters. The van der Waals surface area contributed by atoms with Gasteiger partial charge in [-0.3, -0.25) is 0 Å². The van der Waals surface area contributed by atoms with Crippen molar-refractivity contribution < 1.29 is 0 Å². The maximum atomic E-state index is 4.17. The minimum atomic E-state index is 0.779. The second kappa shape index (κ2) is 5.27. The minimum Gasteiger partial charge on any atom is -0.333 e. The first-order valence-corrected chi connectivity index (χ1v) is 7.43. The molecule has 0 atom stereocenters. The van der Waals surface area contributed by atoms with Crippen LogP contribution in [0.4, 0.5) is 0 Å². The predicted octanol–water partition coefficient (Wildman–Crippen LogP) is 4.89. The van der Waals surface area contributed by atoms with Crippen LogP contribution < -0.4 is 0 Å². The minimum absolute atomic E-state index is 0.779. The van der Waals surface area contributed by atoms with E-state index in [9.17, 15) is 0 Å². The Morgan fingerprint density at radius 1 is 1.06 bits per heavy atom. The first kappa shape index (κ1) is 12.0. The molecule has 0 radical (unpaired) electrons. The zero-order valence-corrected chi connectivity index (χ0v) is 11.9. The highest BCUT2D eigenvalue weighted by Crippen LogP contribution is 2.33. The lowest BCUT2D eigenvalue weighted by Crippen LogP contribution is -2.04. The largest absolute Gasteiger partial charge is 0.333 e. The van der Waals surface area contributed by atoms with Crippen molar-refractivity contribution in [2.24, 2.45) is 0 Å². The van der Waals surface area contributed by atoms with Crippen LogP contribution in [-0.4, -0.2) is 9.97 Å². The smallest absolute Gasteiger partial charge is 0.174 e. The van der Waals surface area contributed by atoms with E-state index in [4.69, 9.17) is 0 Å². The number of halogens is 1. The highest BCUT2D eigenvalue weighted by molar-refractivity contribution is 9.10. The lowest BCUT2D eigenvalue weighted by Gasteiger charge is -2.22. The monoisotopic (exact) mass is 304 g/mol. The molecule has 2 nitrogen and oxygen atoms in total. The standard InChI is InChI=1S/C15H17BrN2/c16-15-17-10-14(18-15)13-8-6-12(7-9-13)11-4-2-1-3-5-11/h6-11H,1-5H2,(H,17,18). The SMILES string of the molecule is Brc1ncc(-c2ccc(C3CCCCC3)cc2)[nH]1. The maximum absolute atomic E-state index is 4.17. The molecule has 0 saturated heterocycles. The van der Waals surface area contributed by atoms with Gasteiger partial charge in [-0.05, 0) is 45.8 Å². The quantitative estimate of drug-likeness (QED) is 0.841. The number of imidazole rings is 1. The molecule has 1 aliphatic rings. The molecule has 3 rings (SSSR count). The first-order valence-electron chi connectivity index (χ1n) is 6.64. The highest BCUT2D eigenvalue weighted by Gasteiger charge is 2.15. The van der Waals surface area contributed by atoms with Gasteiger partial charge in [-0.2, -0.15) is 0 Å². The topological polar surface area (TPSA) is 28.7 Å². The highest BCUT2D eigenvalue weighted by atomic mass is 79.9. The van der Waals surface area contributed by atoms with E-state index < -0.39 is 0 Å². The Morgan fingerprint density at radius 3 is 2.39 bits per heavy atom. The van der Waals surface area contributed by atoms with Crippen LogP contribution in [0.3, 0.4) is 0 Å². The summed E-state index contributed by atoms with van der Waals surface area (Å²) in [6.45, 7) is 0. The average molecular weight is 305 g/mol. The number of aromatic amines is 1. The van der Waals surface area contributed by atoms with Crippen molar-refractivity contribution in [2.75, 3.05) is 0 Å². The number of benzene rings is 1. The summed E-state index contributed by atoms with van der Waals surface area (Å²) in [5.41, 5.74) is 3.77. The zero-order chi connectivity index (χ0) is 12.4. The molecule has 1 aliphatic carbocycles. The van der Waals surface area contributed by atoms with E-state index in [0.29, 0.717) is 0 Å². The number of hydrogen-bond acceptors (Lipinski definition) is 1. The van der Waals surface area contributed by atoms with E-state index >= 15 is 0 Å². The Morgan fingerprint density at radius 2 is 1.78 bits per heavy atom. The van der Waals surface area contributed by atoms with Crippen LogP contribution in [0.25, 0.3) is 11.3 Å². The van der Waals surface area contributed by atoms with Gasteiger partial charge in [0.1, 0.15) is 0 Å². The first-order chi connectivity index (χ1) is 8.83. The molecular formula is C15H17BrN2. The number of nitrogens with one attached hydrogen (secondary N) is 1. The van der Waals surface area contributed by atoms with Crippen LogP contribution >= 0.6 is 15.9 Å². The fourth-order valence-electron chi connectivity index (χ4n) is 2.81. The predicted molar refractivity (Wildman–Crippen MR) is 77.5 cm³/mol. The van der Waals surface area contributed by atoms with E-state index in [2.05, 4.69) is 50.2 Å². The Bertz CT molecular complexity index is 510. The number of nitrogens with zero attached hydrogens (tertiary/aromatic N) is 1. The molecular weight excluding hydrogens is 288 g/mol. The van der Waals surface area contributed by atoms with Crippen LogP contribution in [0.1, 0.15) is 43.6 Å². The summed E-state index contributed by atoms with van der Waals surface area (Å²) in [4.78, 5) is 7.36. The third kappa shape index (κ3) is 2.51. The summed E-state index contributed by atoms with van der Waals surface area (Å²) >= 11 is 3.34. The van der Waals surface area contributed by atoms with Crippen LogP contribution in [0.15, 0.2) is 35.2 Å². The molecule has 1 aromatic carbocycles. The Labute approximate surface area is 116 Å². The number of aromatic nitrogens is 2. The third-order valence-electron chi connectivity index (χ3n) is 3.84. The molecule has 0 spiro atoms. The lowest BCUT2D eigenvalue weighted by molar-refractivity contribution is 0.443. The van der Waals surface area contributed by atoms with Gasteiger partial charge < -0.3 is 4.98 Å². The molecule has 1 aromatic heterocycles. The summed E-state index contributed by atoms with van der Waals surface area (Å²) in [5.74, 6) is 0.779. The van der Waals surface area contributed by atoms with Crippen molar-refractivity contribution in [1.29, 1.82) is 0 Å². The van der Waals surface area contributed by atoms with Crippen molar-refractivity contribution in [1.82, 2.24) is 9.97 Å². The van der Waals surface area contributed by atoms with Crippen molar-refractivity contribution in [3.8, 4) is 11.3 Å². The zero-order valence-electron chi connectivity index (χ0n) is 10.3. The summed E-state index contributed by atoms with van der Waals surface area (Å²) < 4.78 is 0.786. The molecule has 94 valence electrons. The second-order valence-corrected chi connectivity index (χ2v) is 5.80. The van der Waals surface area contributed by atoms with Gasteiger partial charge in [-0.25, -0.2) is 4.98 Å². The Hall–Kier alpha value is -1.09. The number of rotatable bonds is 2. The molecule has 1 N–H and O–H groups in total. The van der Waals surface area contributed by atoms with E-state index in [1.807, 2.05) is 6.20 Å². The molecule has 0 aliphatic heterocycles. The van der Waals surface area contributed by atoms with Gasteiger partial charge in [0, 0.05) is 0 Å². The normalized spacial score (nSPS) is 16.9. The van der Waals surface area contributed by atoms with Crippen molar-refractivity contribution in [3.05, 3.63) is 40.8 Å². The van der Waals surface area contributed by atoms with Crippen LogP contribution in [0.2, 0.25) is 0 Å². The van der Waals surface area contributed by atoms with E-state index in [1.165, 1.54) is 43.2 Å². The van der Waals surface area contributed by atoms with Crippen molar-refractivity contribution in [3.63, 3.8) is 0 Å². The summed E-state index contributed by atoms with van der Waals surface area (Å²) in [7, 11) is 0. The van der Waals surface area contributed by atoms with Gasteiger partial charge in [0.2, 0.25) is 0 Å². The maximum Gasteiger partial charge on any atom is 0.174 e. The van der Waals surface area contributed by atoms with Gasteiger partial charge in [0.25, 0.3) is 0 Å². The fraction of sp³-hybridized carbons (Fsp3) is 0.400. The molecule has 3 heteroatoms. The summed E-state index contributed by atoms with van der Waals surface area (Å²) in [5, 5.41) is 0. The molecule has 1 saturated carbocycles. The average Bonchev–Trinajstić information content (AvgIpc) is 2.87. The van der Waals surface area contributed by atoms with Crippen LogP contribution in [0.5, 0.6) is 0 Å². The van der Waals surface area contributed by atoms with Gasteiger partial charge in [0.05, 0.1) is 11.9 Å². The fourth-order valence-corrected chi connectivity index (χ4v) is 3.13. The lowest BCUT2D eigenvalue weighted by atomic mass is 9.84. The van der Waals surface area contributed by atoms with Gasteiger partial charge in [-0.1, -0.05) is 43.5 Å².